The van der Waals surface area contributed by atoms with Crippen LogP contribution in [0, 0.1) is 24.2 Å². The van der Waals surface area contributed by atoms with Crippen LogP contribution in [0.5, 0.6) is 0 Å². The average Bonchev–Trinajstić information content (AvgIpc) is 3.13. The summed E-state index contributed by atoms with van der Waals surface area (Å²) in [5, 5.41) is 3.72. The third-order valence-electron chi connectivity index (χ3n) is 4.18. The Hall–Kier alpha value is -0.480. The highest BCUT2D eigenvalue weighted by Gasteiger charge is 2.34. The molecule has 0 aromatic rings. The Labute approximate surface area is 100 Å². The Kier molecular flexibility index (Phi) is 4.72. The monoisotopic (exact) mass is 219 g/mol. The molecule has 0 aliphatic heterocycles. The maximum Gasteiger partial charge on any atom is 0.00865 e. The van der Waals surface area contributed by atoms with Crippen LogP contribution in [0.4, 0.5) is 0 Å². The molecule has 2 saturated carbocycles. The van der Waals surface area contributed by atoms with Crippen LogP contribution in [-0.4, -0.2) is 12.6 Å². The van der Waals surface area contributed by atoms with Crippen LogP contribution in [0.25, 0.3) is 0 Å². The van der Waals surface area contributed by atoms with Crippen LogP contribution in [0.15, 0.2) is 0 Å². The molecule has 0 saturated heterocycles. The van der Waals surface area contributed by atoms with Crippen molar-refractivity contribution >= 4 is 0 Å². The fourth-order valence-corrected chi connectivity index (χ4v) is 3.07. The van der Waals surface area contributed by atoms with E-state index in [1.807, 2.05) is 0 Å². The first-order chi connectivity index (χ1) is 7.90. The van der Waals surface area contributed by atoms with E-state index in [0.717, 1.165) is 24.3 Å². The zero-order valence-electron chi connectivity index (χ0n) is 10.4. The molecule has 1 nitrogen and oxygen atoms in total. The van der Waals surface area contributed by atoms with Crippen molar-refractivity contribution in [1.29, 1.82) is 0 Å². The molecule has 2 aliphatic rings. The van der Waals surface area contributed by atoms with Crippen molar-refractivity contribution in [3.8, 4) is 12.3 Å². The highest BCUT2D eigenvalue weighted by molar-refractivity contribution is 4.88. The van der Waals surface area contributed by atoms with Gasteiger partial charge in [0.1, 0.15) is 0 Å². The molecule has 0 bridgehead atoms. The third-order valence-corrected chi connectivity index (χ3v) is 4.18. The van der Waals surface area contributed by atoms with Gasteiger partial charge in [0.2, 0.25) is 0 Å². The van der Waals surface area contributed by atoms with Crippen molar-refractivity contribution in [2.45, 2.75) is 63.8 Å². The minimum Gasteiger partial charge on any atom is -0.314 e. The van der Waals surface area contributed by atoms with Gasteiger partial charge >= 0.3 is 0 Å². The normalized spacial score (nSPS) is 29.9. The Morgan fingerprint density at radius 1 is 1.06 bits per heavy atom. The van der Waals surface area contributed by atoms with Gasteiger partial charge in [-0.05, 0) is 56.9 Å². The third kappa shape index (κ3) is 3.83. The molecule has 2 atom stereocenters. The van der Waals surface area contributed by atoms with E-state index in [2.05, 4.69) is 11.2 Å². The summed E-state index contributed by atoms with van der Waals surface area (Å²) in [6, 6.07) is 0.810. The zero-order chi connectivity index (χ0) is 11.2. The molecule has 0 radical (unpaired) electrons. The molecule has 1 heteroatoms. The molecule has 0 aromatic carbocycles. The quantitative estimate of drug-likeness (QED) is 0.533. The molecule has 90 valence electrons. The number of unbranched alkanes of at least 4 members (excludes halogenated alkanes) is 2. The topological polar surface area (TPSA) is 12.0 Å². The lowest BCUT2D eigenvalue weighted by atomic mass is 9.82. The van der Waals surface area contributed by atoms with Gasteiger partial charge < -0.3 is 5.32 Å². The van der Waals surface area contributed by atoms with Gasteiger partial charge in [0.15, 0.2) is 0 Å². The summed E-state index contributed by atoms with van der Waals surface area (Å²) in [4.78, 5) is 0. The first kappa shape index (κ1) is 12.0. The first-order valence-electron chi connectivity index (χ1n) is 7.07. The van der Waals surface area contributed by atoms with Crippen molar-refractivity contribution in [3.63, 3.8) is 0 Å². The molecule has 2 rings (SSSR count). The van der Waals surface area contributed by atoms with Crippen molar-refractivity contribution in [3.05, 3.63) is 0 Å². The maximum absolute atomic E-state index is 5.24. The lowest BCUT2D eigenvalue weighted by Gasteiger charge is -2.30. The number of hydrogen-bond acceptors (Lipinski definition) is 1. The predicted molar refractivity (Wildman–Crippen MR) is 69.2 cm³/mol. The largest absolute Gasteiger partial charge is 0.314 e. The minimum absolute atomic E-state index is 0.810. The van der Waals surface area contributed by atoms with E-state index < -0.39 is 0 Å². The maximum atomic E-state index is 5.24. The van der Waals surface area contributed by atoms with Crippen LogP contribution in [0.1, 0.15) is 57.8 Å². The molecule has 1 N–H and O–H groups in total. The summed E-state index contributed by atoms with van der Waals surface area (Å²) in [5.74, 6) is 4.86. The van der Waals surface area contributed by atoms with Crippen LogP contribution >= 0.6 is 0 Å². The van der Waals surface area contributed by atoms with Crippen molar-refractivity contribution in [1.82, 2.24) is 5.32 Å². The zero-order valence-corrected chi connectivity index (χ0v) is 10.4. The van der Waals surface area contributed by atoms with Gasteiger partial charge in [-0.15, -0.1) is 12.3 Å². The predicted octanol–water partition coefficient (Wildman–Crippen LogP) is 3.35. The van der Waals surface area contributed by atoms with Gasteiger partial charge in [-0.1, -0.05) is 12.8 Å². The molecule has 0 aromatic heterocycles. The van der Waals surface area contributed by atoms with Crippen LogP contribution < -0.4 is 5.32 Å². The Morgan fingerprint density at radius 3 is 2.69 bits per heavy atom. The van der Waals surface area contributed by atoms with E-state index >= 15 is 0 Å². The first-order valence-corrected chi connectivity index (χ1v) is 7.07. The van der Waals surface area contributed by atoms with Gasteiger partial charge in [-0.2, -0.15) is 0 Å². The number of hydrogen-bond donors (Lipinski definition) is 1. The van der Waals surface area contributed by atoms with Crippen molar-refractivity contribution in [2.75, 3.05) is 6.54 Å². The average molecular weight is 219 g/mol. The number of terminal acetylenes is 1. The second-order valence-corrected chi connectivity index (χ2v) is 5.58. The van der Waals surface area contributed by atoms with E-state index in [9.17, 15) is 0 Å². The molecular weight excluding hydrogens is 194 g/mol. The van der Waals surface area contributed by atoms with Crippen molar-refractivity contribution < 1.29 is 0 Å². The molecular formula is C15H25N. The van der Waals surface area contributed by atoms with Gasteiger partial charge in [-0.3, -0.25) is 0 Å². The van der Waals surface area contributed by atoms with Crippen LogP contribution in [0.2, 0.25) is 0 Å². The van der Waals surface area contributed by atoms with E-state index in [0.29, 0.717) is 0 Å². The van der Waals surface area contributed by atoms with Gasteiger partial charge in [0, 0.05) is 12.5 Å². The van der Waals surface area contributed by atoms with E-state index in [-0.39, 0.29) is 0 Å². The number of nitrogens with one attached hydrogen (secondary N) is 1. The van der Waals surface area contributed by atoms with Crippen LogP contribution in [-0.2, 0) is 0 Å². The summed E-state index contributed by atoms with van der Waals surface area (Å²) in [6.07, 6.45) is 17.4. The second kappa shape index (κ2) is 6.30. The Morgan fingerprint density at radius 2 is 1.94 bits per heavy atom. The summed E-state index contributed by atoms with van der Waals surface area (Å²) in [7, 11) is 0. The lowest BCUT2D eigenvalue weighted by Crippen LogP contribution is -2.35. The van der Waals surface area contributed by atoms with E-state index in [4.69, 9.17) is 6.42 Å². The summed E-state index contributed by atoms with van der Waals surface area (Å²) < 4.78 is 0. The fraction of sp³-hybridized carbons (Fsp3) is 0.867. The van der Waals surface area contributed by atoms with Gasteiger partial charge in [0.25, 0.3) is 0 Å². The fourth-order valence-electron chi connectivity index (χ4n) is 3.07. The Bertz CT molecular complexity index is 236. The van der Waals surface area contributed by atoms with Crippen molar-refractivity contribution in [2.24, 2.45) is 11.8 Å². The Balaban J connectivity index is 1.56. The minimum atomic E-state index is 0.810. The SMILES string of the molecule is C#CCCCCNC1CCCC(C2CC2)C1. The van der Waals surface area contributed by atoms with Crippen LogP contribution in [0.3, 0.4) is 0 Å². The number of rotatable bonds is 6. The molecule has 2 unspecified atom stereocenters. The van der Waals surface area contributed by atoms with E-state index in [1.165, 1.54) is 57.9 Å². The molecule has 0 heterocycles. The summed E-state index contributed by atoms with van der Waals surface area (Å²) >= 11 is 0. The molecule has 2 aliphatic carbocycles. The molecule has 0 spiro atoms. The summed E-state index contributed by atoms with van der Waals surface area (Å²) in [6.45, 7) is 1.17. The highest BCUT2D eigenvalue weighted by atomic mass is 14.9. The van der Waals surface area contributed by atoms with Gasteiger partial charge in [0.05, 0.1) is 0 Å². The summed E-state index contributed by atoms with van der Waals surface area (Å²) in [5.41, 5.74) is 0. The molecule has 0 amide bonds. The second-order valence-electron chi connectivity index (χ2n) is 5.58. The smallest absolute Gasteiger partial charge is 0.00865 e. The van der Waals surface area contributed by atoms with E-state index in [1.54, 1.807) is 0 Å². The lowest BCUT2D eigenvalue weighted by molar-refractivity contribution is 0.261. The highest BCUT2D eigenvalue weighted by Crippen LogP contribution is 2.43. The molecule has 16 heavy (non-hydrogen) atoms. The standard InChI is InChI=1S/C15H25N/c1-2-3-4-5-11-16-15-8-6-7-14(12-15)13-9-10-13/h1,13-16H,3-12H2. The van der Waals surface area contributed by atoms with Gasteiger partial charge in [-0.25, -0.2) is 0 Å². The molecule has 2 fully saturated rings.